The number of thioether (sulfide) groups is 1. The first-order chi connectivity index (χ1) is 16.2. The van der Waals surface area contributed by atoms with Crippen LogP contribution in [0.15, 0.2) is 65.7 Å². The van der Waals surface area contributed by atoms with E-state index in [2.05, 4.69) is 20.5 Å². The average Bonchev–Trinajstić information content (AvgIpc) is 3.19. The third-order valence-electron chi connectivity index (χ3n) is 4.59. The lowest BCUT2D eigenvalue weighted by molar-refractivity contribution is -0.137. The van der Waals surface area contributed by atoms with Gasteiger partial charge in [0.2, 0.25) is 5.91 Å². The van der Waals surface area contributed by atoms with Crippen molar-refractivity contribution in [3.63, 3.8) is 0 Å². The molecule has 11 heteroatoms. The maximum Gasteiger partial charge on any atom is 0.416 e. The summed E-state index contributed by atoms with van der Waals surface area (Å²) in [5.74, 6) is -0.823. The van der Waals surface area contributed by atoms with Crippen LogP contribution in [0.25, 0.3) is 21.1 Å². The first-order valence-corrected chi connectivity index (χ1v) is 11.7. The van der Waals surface area contributed by atoms with Crippen LogP contribution in [0.5, 0.6) is 0 Å². The van der Waals surface area contributed by atoms with E-state index in [0.717, 1.165) is 45.0 Å². The molecule has 0 atom stereocenters. The van der Waals surface area contributed by atoms with E-state index >= 15 is 0 Å². The smallest absolute Gasteiger partial charge is 0.325 e. The summed E-state index contributed by atoms with van der Waals surface area (Å²) >= 11 is 2.53. The van der Waals surface area contributed by atoms with Gasteiger partial charge in [-0.3, -0.25) is 4.79 Å². The second-order valence-corrected chi connectivity index (χ2v) is 9.11. The van der Waals surface area contributed by atoms with E-state index < -0.39 is 17.6 Å². The number of nitrogens with one attached hydrogen (secondary N) is 1. The molecule has 0 unspecified atom stereocenters. The van der Waals surface area contributed by atoms with Crippen molar-refractivity contribution in [2.45, 2.75) is 18.1 Å². The number of amides is 1. The fourth-order valence-corrected chi connectivity index (χ4v) is 4.63. The van der Waals surface area contributed by atoms with Crippen LogP contribution in [0.1, 0.15) is 11.3 Å². The fourth-order valence-electron chi connectivity index (χ4n) is 2.98. The molecular weight excluding hydrogens is 488 g/mol. The number of aryl methyl sites for hydroxylation is 1. The largest absolute Gasteiger partial charge is 0.416 e. The molecule has 1 amide bonds. The minimum atomic E-state index is -4.48. The maximum absolute atomic E-state index is 13.2. The standard InChI is InChI=1S/C23H16F4N4OS2/c1-13-21(34-22(28-13)14-5-7-16(24)8-6-14)18-9-10-20(31-30-18)33-12-19(32)29-17-4-2-3-15(11-17)23(25,26)27/h2-11H,12H2,1H3,(H,29,32). The van der Waals surface area contributed by atoms with Gasteiger partial charge in [0.1, 0.15) is 21.5 Å². The Morgan fingerprint density at radius 1 is 1.06 bits per heavy atom. The minimum Gasteiger partial charge on any atom is -0.325 e. The van der Waals surface area contributed by atoms with Crippen LogP contribution in [-0.4, -0.2) is 26.8 Å². The molecule has 0 radical (unpaired) electrons. The highest BCUT2D eigenvalue weighted by molar-refractivity contribution is 7.99. The average molecular weight is 505 g/mol. The van der Waals surface area contributed by atoms with E-state index in [9.17, 15) is 22.4 Å². The quantitative estimate of drug-likeness (QED) is 0.241. The summed E-state index contributed by atoms with van der Waals surface area (Å²) in [4.78, 5) is 17.5. The van der Waals surface area contributed by atoms with Crippen molar-refractivity contribution >= 4 is 34.7 Å². The molecule has 0 aliphatic rings. The summed E-state index contributed by atoms with van der Waals surface area (Å²) in [6, 6.07) is 14.0. The molecule has 4 aromatic rings. The van der Waals surface area contributed by atoms with E-state index in [-0.39, 0.29) is 17.3 Å². The van der Waals surface area contributed by atoms with Gasteiger partial charge >= 0.3 is 6.18 Å². The van der Waals surface area contributed by atoms with Crippen molar-refractivity contribution in [2.24, 2.45) is 0 Å². The Hall–Kier alpha value is -3.31. The van der Waals surface area contributed by atoms with Gasteiger partial charge in [-0.1, -0.05) is 17.8 Å². The highest BCUT2D eigenvalue weighted by Crippen LogP contribution is 2.34. The molecule has 2 aromatic heterocycles. The summed E-state index contributed by atoms with van der Waals surface area (Å²) in [5.41, 5.74) is 1.41. The number of nitrogens with zero attached hydrogens (tertiary/aromatic N) is 3. The number of anilines is 1. The molecule has 0 aliphatic carbocycles. The predicted octanol–water partition coefficient (Wildman–Crippen LogP) is 6.46. The van der Waals surface area contributed by atoms with E-state index in [4.69, 9.17) is 0 Å². The van der Waals surface area contributed by atoms with Crippen LogP contribution in [0.3, 0.4) is 0 Å². The molecule has 0 aliphatic heterocycles. The zero-order valence-corrected chi connectivity index (χ0v) is 19.2. The molecule has 5 nitrogen and oxygen atoms in total. The normalized spacial score (nSPS) is 11.4. The van der Waals surface area contributed by atoms with Crippen molar-refractivity contribution in [1.29, 1.82) is 0 Å². The number of aromatic nitrogens is 3. The maximum atomic E-state index is 13.2. The molecule has 174 valence electrons. The van der Waals surface area contributed by atoms with Crippen LogP contribution in [0.2, 0.25) is 0 Å². The van der Waals surface area contributed by atoms with Gasteiger partial charge in [0, 0.05) is 11.3 Å². The Labute approximate surface area is 200 Å². The molecule has 1 N–H and O–H groups in total. The molecule has 0 fully saturated rings. The second kappa shape index (κ2) is 9.90. The van der Waals surface area contributed by atoms with Crippen LogP contribution in [0, 0.1) is 12.7 Å². The van der Waals surface area contributed by atoms with Crippen LogP contribution >= 0.6 is 23.1 Å². The van der Waals surface area contributed by atoms with E-state index in [1.54, 1.807) is 24.3 Å². The number of hydrogen-bond acceptors (Lipinski definition) is 6. The molecule has 0 bridgehead atoms. The summed E-state index contributed by atoms with van der Waals surface area (Å²) in [6.45, 7) is 1.85. The van der Waals surface area contributed by atoms with Crippen molar-refractivity contribution in [3.8, 4) is 21.1 Å². The molecule has 34 heavy (non-hydrogen) atoms. The third-order valence-corrected chi connectivity index (χ3v) is 6.73. The van der Waals surface area contributed by atoms with Crippen molar-refractivity contribution < 1.29 is 22.4 Å². The number of benzene rings is 2. The summed E-state index contributed by atoms with van der Waals surface area (Å²) in [6.07, 6.45) is -4.48. The highest BCUT2D eigenvalue weighted by Gasteiger charge is 2.30. The van der Waals surface area contributed by atoms with E-state index in [1.165, 1.54) is 35.6 Å². The van der Waals surface area contributed by atoms with Crippen molar-refractivity contribution in [2.75, 3.05) is 11.1 Å². The lowest BCUT2D eigenvalue weighted by Crippen LogP contribution is -2.15. The van der Waals surface area contributed by atoms with E-state index in [1.807, 2.05) is 6.92 Å². The second-order valence-electron chi connectivity index (χ2n) is 7.11. The monoisotopic (exact) mass is 504 g/mol. The topological polar surface area (TPSA) is 67.8 Å². The van der Waals surface area contributed by atoms with Crippen molar-refractivity contribution in [3.05, 3.63) is 77.7 Å². The number of rotatable bonds is 6. The van der Waals surface area contributed by atoms with Crippen LogP contribution < -0.4 is 5.32 Å². The molecule has 0 saturated heterocycles. The minimum absolute atomic E-state index is 0.0431. The van der Waals surface area contributed by atoms with Gasteiger partial charge in [-0.25, -0.2) is 9.37 Å². The molecule has 0 spiro atoms. The first kappa shape index (κ1) is 23.8. The first-order valence-electron chi connectivity index (χ1n) is 9.86. The van der Waals surface area contributed by atoms with E-state index in [0.29, 0.717) is 10.7 Å². The summed E-state index contributed by atoms with van der Waals surface area (Å²) in [5, 5.41) is 12.0. The Morgan fingerprint density at radius 2 is 1.82 bits per heavy atom. The number of halogens is 4. The number of thiazole rings is 1. The summed E-state index contributed by atoms with van der Waals surface area (Å²) in [7, 11) is 0. The van der Waals surface area contributed by atoms with Gasteiger partial charge in [0.25, 0.3) is 0 Å². The number of carbonyl (C=O) groups excluding carboxylic acids is 1. The molecule has 2 heterocycles. The van der Waals surface area contributed by atoms with Gasteiger partial charge in [-0.2, -0.15) is 13.2 Å². The lowest BCUT2D eigenvalue weighted by atomic mass is 10.2. The van der Waals surface area contributed by atoms with Gasteiger partial charge in [0.15, 0.2) is 0 Å². The molecule has 4 rings (SSSR count). The fraction of sp³-hybridized carbons (Fsp3) is 0.130. The lowest BCUT2D eigenvalue weighted by Gasteiger charge is -2.09. The SMILES string of the molecule is Cc1nc(-c2ccc(F)cc2)sc1-c1ccc(SCC(=O)Nc2cccc(C(F)(F)F)c2)nn1. The Kier molecular flexibility index (Phi) is 6.94. The van der Waals surface area contributed by atoms with Crippen LogP contribution in [0.4, 0.5) is 23.2 Å². The van der Waals surface area contributed by atoms with Gasteiger partial charge in [-0.05, 0) is 61.5 Å². The number of carbonyl (C=O) groups is 1. The third kappa shape index (κ3) is 5.78. The molecular formula is C23H16F4N4OS2. The number of alkyl halides is 3. The van der Waals surface area contributed by atoms with Crippen molar-refractivity contribution in [1.82, 2.24) is 15.2 Å². The molecule has 2 aromatic carbocycles. The predicted molar refractivity (Wildman–Crippen MR) is 124 cm³/mol. The Balaban J connectivity index is 1.38. The Morgan fingerprint density at radius 3 is 2.50 bits per heavy atom. The summed E-state index contributed by atoms with van der Waals surface area (Å²) < 4.78 is 51.6. The van der Waals surface area contributed by atoms with Gasteiger partial charge in [0.05, 0.1) is 21.9 Å². The van der Waals surface area contributed by atoms with Gasteiger partial charge < -0.3 is 5.32 Å². The zero-order chi connectivity index (χ0) is 24.3. The zero-order valence-electron chi connectivity index (χ0n) is 17.6. The molecule has 0 saturated carbocycles. The van der Waals surface area contributed by atoms with Gasteiger partial charge in [-0.15, -0.1) is 21.5 Å². The number of hydrogen-bond donors (Lipinski definition) is 1. The highest BCUT2D eigenvalue weighted by atomic mass is 32.2. The van der Waals surface area contributed by atoms with Crippen LogP contribution in [-0.2, 0) is 11.0 Å². The Bertz CT molecular complexity index is 1310.